The van der Waals surface area contributed by atoms with Crippen LogP contribution in [-0.2, 0) is 9.53 Å². The van der Waals surface area contributed by atoms with Gasteiger partial charge in [0, 0.05) is 0 Å². The predicted octanol–water partition coefficient (Wildman–Crippen LogP) is 4.64. The second-order valence-corrected chi connectivity index (χ2v) is 7.27. The standard InChI is InChI=1S/C12H2BrF15O2/c13-1-2(29)30-12(28)5(16)8(20,21)3(14)7(18,19)4(15,10(5,24)25)11(26,27)6(12,17)9(3,22)23/h1H2. The maximum atomic E-state index is 14.9. The summed E-state index contributed by atoms with van der Waals surface area (Å²) in [6, 6.07) is 0. The molecule has 4 aliphatic rings. The van der Waals surface area contributed by atoms with E-state index in [0.717, 1.165) is 0 Å². The van der Waals surface area contributed by atoms with Crippen molar-refractivity contribution >= 4 is 21.9 Å². The first-order chi connectivity index (χ1) is 13.0. The van der Waals surface area contributed by atoms with Crippen LogP contribution in [0.5, 0.6) is 0 Å². The fourth-order valence-corrected chi connectivity index (χ4v) is 4.25. The summed E-state index contributed by atoms with van der Waals surface area (Å²) in [4.78, 5) is 11.1. The molecule has 4 fully saturated rings. The number of esters is 1. The summed E-state index contributed by atoms with van der Waals surface area (Å²) in [6.45, 7) is 0. The summed E-state index contributed by atoms with van der Waals surface area (Å²) >= 11 is 1.95. The van der Waals surface area contributed by atoms with Crippen molar-refractivity contribution < 1.29 is 75.4 Å². The minimum atomic E-state index is -7.91. The second-order valence-electron chi connectivity index (χ2n) is 6.71. The molecule has 2 nitrogen and oxygen atoms in total. The highest BCUT2D eigenvalue weighted by Gasteiger charge is 3.24. The van der Waals surface area contributed by atoms with Gasteiger partial charge in [-0.05, 0) is 0 Å². The van der Waals surface area contributed by atoms with Gasteiger partial charge in [-0.1, -0.05) is 15.9 Å². The van der Waals surface area contributed by atoms with Crippen LogP contribution in [0.3, 0.4) is 0 Å². The first-order valence-electron chi connectivity index (χ1n) is 7.07. The van der Waals surface area contributed by atoms with Gasteiger partial charge in [-0.3, -0.25) is 4.79 Å². The highest BCUT2D eigenvalue weighted by molar-refractivity contribution is 9.09. The number of hydrogen-bond donors (Lipinski definition) is 0. The molecule has 0 aromatic heterocycles. The van der Waals surface area contributed by atoms with Crippen LogP contribution >= 0.6 is 15.9 Å². The topological polar surface area (TPSA) is 26.3 Å². The third kappa shape index (κ3) is 1.39. The van der Waals surface area contributed by atoms with E-state index in [1.54, 1.807) is 0 Å². The van der Waals surface area contributed by atoms with Crippen LogP contribution in [0.2, 0.25) is 0 Å². The lowest BCUT2D eigenvalue weighted by molar-refractivity contribution is -0.613. The number of carbonyl (C=O) groups is 1. The molecule has 0 aromatic rings. The minimum Gasteiger partial charge on any atom is -0.420 e. The summed E-state index contributed by atoms with van der Waals surface area (Å²) in [5, 5.41) is -1.66. The van der Waals surface area contributed by atoms with E-state index in [-0.39, 0.29) is 0 Å². The average Bonchev–Trinajstić information content (AvgIpc) is 2.60. The minimum absolute atomic E-state index is 1.66. The van der Waals surface area contributed by atoms with Crippen LogP contribution in [0, 0.1) is 0 Å². The number of ether oxygens (including phenoxy) is 1. The van der Waals surface area contributed by atoms with E-state index in [9.17, 15) is 70.7 Å². The van der Waals surface area contributed by atoms with Gasteiger partial charge < -0.3 is 4.74 Å². The maximum Gasteiger partial charge on any atom is 0.343 e. The molecule has 0 saturated heterocycles. The summed E-state index contributed by atoms with van der Waals surface area (Å²) in [6.07, 6.45) is 0. The van der Waals surface area contributed by atoms with E-state index in [1.165, 1.54) is 0 Å². The first-order valence-corrected chi connectivity index (χ1v) is 8.19. The second kappa shape index (κ2) is 4.94. The molecule has 0 aromatic carbocycles. The molecule has 18 heteroatoms. The van der Waals surface area contributed by atoms with Crippen LogP contribution < -0.4 is 0 Å². The molecule has 0 heterocycles. The van der Waals surface area contributed by atoms with Crippen molar-refractivity contribution in [1.82, 2.24) is 0 Å². The average molecular weight is 543 g/mol. The van der Waals surface area contributed by atoms with Crippen molar-refractivity contribution in [2.75, 3.05) is 5.33 Å². The van der Waals surface area contributed by atoms with Crippen LogP contribution in [0.1, 0.15) is 0 Å². The van der Waals surface area contributed by atoms with Crippen molar-refractivity contribution in [3.63, 3.8) is 0 Å². The van der Waals surface area contributed by atoms with E-state index in [4.69, 9.17) is 0 Å². The van der Waals surface area contributed by atoms with Crippen LogP contribution in [0.15, 0.2) is 0 Å². The molecule has 0 radical (unpaired) electrons. The summed E-state index contributed by atoms with van der Waals surface area (Å²) in [7, 11) is 0. The lowest BCUT2D eigenvalue weighted by atomic mass is 9.40. The summed E-state index contributed by atoms with van der Waals surface area (Å²) in [5.74, 6) is -49.3. The Morgan fingerprint density at radius 2 is 0.767 bits per heavy atom. The predicted molar refractivity (Wildman–Crippen MR) is 63.8 cm³/mol. The Labute approximate surface area is 161 Å². The molecule has 0 atom stereocenters. The number of halogens is 16. The normalized spacial score (nSPS) is 50.9. The van der Waals surface area contributed by atoms with Crippen molar-refractivity contribution in [1.29, 1.82) is 0 Å². The summed E-state index contributed by atoms with van der Waals surface area (Å²) in [5.41, 5.74) is -30.9. The molecule has 4 saturated carbocycles. The van der Waals surface area contributed by atoms with Gasteiger partial charge in [0.25, 0.3) is 0 Å². The molecule has 0 spiro atoms. The van der Waals surface area contributed by atoms with Crippen molar-refractivity contribution in [3.05, 3.63) is 0 Å². The fourth-order valence-electron chi connectivity index (χ4n) is 4.13. The molecule has 0 amide bonds. The fraction of sp³-hybridized carbons (Fsp3) is 0.917. The first kappa shape index (κ1) is 23.6. The van der Waals surface area contributed by atoms with E-state index < -0.39 is 69.4 Å². The van der Waals surface area contributed by atoms with Gasteiger partial charge in [0.2, 0.25) is 0 Å². The number of hydrogen-bond acceptors (Lipinski definition) is 2. The van der Waals surface area contributed by atoms with Gasteiger partial charge in [0.05, 0.1) is 0 Å². The lowest BCUT2D eigenvalue weighted by Crippen LogP contribution is -3.09. The quantitative estimate of drug-likeness (QED) is 0.289. The molecule has 174 valence electrons. The SMILES string of the molecule is O=C(CBr)OC1(F)C2(F)C(F)(F)C3(F)C(F)(F)C(F)(C2(F)F)C(F)(F)C1(F)C3(F)F. The Kier molecular flexibility index (Phi) is 3.88. The number of rotatable bonds is 2. The van der Waals surface area contributed by atoms with Gasteiger partial charge in [-0.25, -0.2) is 17.6 Å². The van der Waals surface area contributed by atoms with Crippen molar-refractivity contribution in [3.8, 4) is 0 Å². The molecule has 30 heavy (non-hydrogen) atoms. The van der Waals surface area contributed by atoms with E-state index >= 15 is 0 Å². The molecule has 0 aliphatic heterocycles. The molecule has 4 rings (SSSR count). The monoisotopic (exact) mass is 542 g/mol. The van der Waals surface area contributed by atoms with Crippen molar-refractivity contribution in [2.24, 2.45) is 0 Å². The molecular formula is C12H2BrF15O2. The molecule has 4 aliphatic carbocycles. The largest absolute Gasteiger partial charge is 0.420 e. The van der Waals surface area contributed by atoms with Gasteiger partial charge >= 0.3 is 64.1 Å². The van der Waals surface area contributed by atoms with Gasteiger partial charge in [-0.2, -0.15) is 48.3 Å². The highest BCUT2D eigenvalue weighted by Crippen LogP contribution is 2.88. The third-order valence-corrected chi connectivity index (χ3v) is 6.03. The Morgan fingerprint density at radius 1 is 0.533 bits per heavy atom. The number of carbonyl (C=O) groups excluding carboxylic acids is 1. The van der Waals surface area contributed by atoms with E-state index in [1.807, 2.05) is 15.9 Å². The Morgan fingerprint density at radius 3 is 1.00 bits per heavy atom. The molecular weight excluding hydrogens is 541 g/mol. The Hall–Kier alpha value is -1.10. The molecule has 0 N–H and O–H groups in total. The third-order valence-electron chi connectivity index (χ3n) is 5.58. The van der Waals surface area contributed by atoms with Gasteiger partial charge in [-0.15, -0.1) is 0 Å². The van der Waals surface area contributed by atoms with E-state index in [0.29, 0.717) is 0 Å². The molecule has 4 bridgehead atoms. The van der Waals surface area contributed by atoms with Crippen LogP contribution in [0.4, 0.5) is 65.9 Å². The summed E-state index contributed by atoms with van der Waals surface area (Å²) < 4.78 is 218. The van der Waals surface area contributed by atoms with Gasteiger partial charge in [0.15, 0.2) is 0 Å². The Balaban J connectivity index is 2.66. The zero-order valence-electron chi connectivity index (χ0n) is 13.1. The maximum absolute atomic E-state index is 14.9. The van der Waals surface area contributed by atoms with Crippen molar-refractivity contribution in [2.45, 2.75) is 58.1 Å². The smallest absolute Gasteiger partial charge is 0.343 e. The lowest BCUT2D eigenvalue weighted by Gasteiger charge is -2.73. The number of alkyl halides is 16. The zero-order chi connectivity index (χ0) is 24.0. The van der Waals surface area contributed by atoms with Crippen LogP contribution in [0.25, 0.3) is 0 Å². The molecule has 0 unspecified atom stereocenters. The Bertz CT molecular complexity index is 751. The van der Waals surface area contributed by atoms with Gasteiger partial charge in [0.1, 0.15) is 5.33 Å². The highest BCUT2D eigenvalue weighted by atomic mass is 79.9. The van der Waals surface area contributed by atoms with E-state index in [2.05, 4.69) is 4.74 Å². The van der Waals surface area contributed by atoms with Crippen LogP contribution in [-0.4, -0.2) is 69.4 Å². The zero-order valence-corrected chi connectivity index (χ0v) is 14.7.